The summed E-state index contributed by atoms with van der Waals surface area (Å²) in [5.74, 6) is 0. The topological polar surface area (TPSA) is 137 Å². The van der Waals surface area contributed by atoms with Crippen LogP contribution in [0, 0.1) is 21.7 Å². The van der Waals surface area contributed by atoms with Crippen molar-refractivity contribution in [2.24, 2.45) is 21.7 Å². The molecule has 0 aromatic heterocycles. The molecule has 1 saturated heterocycles. The first-order valence-corrected chi connectivity index (χ1v) is 9.70. The van der Waals surface area contributed by atoms with E-state index >= 15 is 0 Å². The zero-order chi connectivity index (χ0) is 23.9. The summed E-state index contributed by atoms with van der Waals surface area (Å²) in [6, 6.07) is 0. The third-order valence-electron chi connectivity index (χ3n) is 3.88. The van der Waals surface area contributed by atoms with Crippen LogP contribution in [-0.4, -0.2) is 84.9 Å². The van der Waals surface area contributed by atoms with Gasteiger partial charge in [0.25, 0.3) is 0 Å². The van der Waals surface area contributed by atoms with E-state index in [1.54, 1.807) is 27.7 Å². The molecule has 0 saturated carbocycles. The highest BCUT2D eigenvalue weighted by atomic mass is 16.7. The Balaban J connectivity index is -0.000000172. The van der Waals surface area contributed by atoms with Crippen molar-refractivity contribution in [3.8, 4) is 0 Å². The summed E-state index contributed by atoms with van der Waals surface area (Å²) >= 11 is 0. The molecular weight excluding hydrogens is 380 g/mol. The van der Waals surface area contributed by atoms with E-state index in [0.29, 0.717) is 13.2 Å². The van der Waals surface area contributed by atoms with Crippen molar-refractivity contribution >= 4 is 6.29 Å². The van der Waals surface area contributed by atoms with Gasteiger partial charge >= 0.3 is 1.43 Å². The Hall–Kier alpha value is -0.610. The average molecular weight is 428 g/mol. The number of hydrogen-bond acceptors (Lipinski definition) is 8. The average Bonchev–Trinajstić information content (AvgIpc) is 2.70. The van der Waals surface area contributed by atoms with Gasteiger partial charge in [-0.25, -0.2) is 0 Å². The van der Waals surface area contributed by atoms with Crippen molar-refractivity contribution < 1.29 is 41.2 Å². The summed E-state index contributed by atoms with van der Waals surface area (Å²) in [6.07, 6.45) is 0.470. The molecule has 0 aromatic carbocycles. The normalized spacial score (nSPS) is 16.9. The van der Waals surface area contributed by atoms with Gasteiger partial charge in [-0.3, -0.25) is 0 Å². The second-order valence-electron chi connectivity index (χ2n) is 10.0. The van der Waals surface area contributed by atoms with E-state index in [0.717, 1.165) is 13.4 Å². The standard InChI is InChI=1S/C10H20O3.C5H12O2.C5H10O2.CH4O/c1-9(2)6-12-8(13-7-9)10(3,4)5-11;2*1-5(2,3-6)4-7;1-2/h8,11H,5-7H2,1-4H3;6-7H,3-4H2,1-2H3;3,7H,4H2,1-2H3;2H,1H3/p+1. The lowest BCUT2D eigenvalue weighted by atomic mass is 9.90. The molecule has 0 unspecified atom stereocenters. The molecule has 5 N–H and O–H groups in total. The number of hydrogen-bond donors (Lipinski definition) is 5. The van der Waals surface area contributed by atoms with Crippen molar-refractivity contribution in [1.29, 1.82) is 0 Å². The first kappa shape index (κ1) is 33.0. The summed E-state index contributed by atoms with van der Waals surface area (Å²) in [5.41, 5.74) is -1.06. The summed E-state index contributed by atoms with van der Waals surface area (Å²) in [7, 11) is 1.00. The Morgan fingerprint density at radius 1 is 0.862 bits per heavy atom. The quantitative estimate of drug-likeness (QED) is 0.400. The Morgan fingerprint density at radius 3 is 1.41 bits per heavy atom. The largest absolute Gasteiger partial charge is 1.00 e. The van der Waals surface area contributed by atoms with Crippen LogP contribution in [0.4, 0.5) is 0 Å². The summed E-state index contributed by atoms with van der Waals surface area (Å²) in [6.45, 7) is 16.5. The number of aldehydes is 1. The lowest BCUT2D eigenvalue weighted by Gasteiger charge is -2.40. The van der Waals surface area contributed by atoms with E-state index < -0.39 is 5.41 Å². The minimum Gasteiger partial charge on any atom is -0.400 e. The molecule has 8 heteroatoms. The number of carbonyl (C=O) groups excluding carboxylic acids is 1. The van der Waals surface area contributed by atoms with E-state index in [9.17, 15) is 4.79 Å². The maximum absolute atomic E-state index is 9.90. The van der Waals surface area contributed by atoms with E-state index in [2.05, 4.69) is 13.8 Å². The molecule has 0 aromatic rings. The van der Waals surface area contributed by atoms with Gasteiger partial charge in [-0.2, -0.15) is 0 Å². The maximum Gasteiger partial charge on any atom is 1.00 e. The van der Waals surface area contributed by atoms with Crippen LogP contribution in [0.5, 0.6) is 0 Å². The minimum atomic E-state index is -0.542. The Bertz CT molecular complexity index is 396. The second-order valence-corrected chi connectivity index (χ2v) is 10.0. The minimum absolute atomic E-state index is 0. The van der Waals surface area contributed by atoms with Crippen molar-refractivity contribution in [1.82, 2.24) is 0 Å². The third kappa shape index (κ3) is 16.8. The predicted octanol–water partition coefficient (Wildman–Crippen LogP) is 1.33. The maximum atomic E-state index is 9.90. The SMILES string of the molecule is CC(C)(C=O)CO.CC(C)(CO)CO.CC1(C)COC(C(C)(C)CO)OC1.CO.[H+]. The summed E-state index contributed by atoms with van der Waals surface area (Å²) < 4.78 is 11.1. The van der Waals surface area contributed by atoms with Gasteiger partial charge in [0.15, 0.2) is 6.29 Å². The predicted molar refractivity (Wildman–Crippen MR) is 114 cm³/mol. The van der Waals surface area contributed by atoms with Crippen LogP contribution >= 0.6 is 0 Å². The van der Waals surface area contributed by atoms with Gasteiger partial charge < -0.3 is 39.8 Å². The highest BCUT2D eigenvalue weighted by Gasteiger charge is 2.37. The van der Waals surface area contributed by atoms with Crippen LogP contribution in [0.3, 0.4) is 0 Å². The molecule has 0 amide bonds. The van der Waals surface area contributed by atoms with Crippen LogP contribution in [0.15, 0.2) is 0 Å². The molecule has 1 rings (SSSR count). The Morgan fingerprint density at radius 2 is 1.24 bits per heavy atom. The van der Waals surface area contributed by atoms with Gasteiger partial charge in [0.2, 0.25) is 0 Å². The fourth-order valence-electron chi connectivity index (χ4n) is 1.31. The van der Waals surface area contributed by atoms with Gasteiger partial charge in [-0.05, 0) is 0 Å². The molecule has 0 radical (unpaired) electrons. The molecule has 0 atom stereocenters. The molecule has 178 valence electrons. The highest BCUT2D eigenvalue weighted by molar-refractivity contribution is 5.57. The molecule has 8 nitrogen and oxygen atoms in total. The van der Waals surface area contributed by atoms with E-state index in [1.165, 1.54) is 0 Å². The van der Waals surface area contributed by atoms with Crippen LogP contribution in [-0.2, 0) is 14.3 Å². The molecular formula is C21H47O8+. The smallest absolute Gasteiger partial charge is 0.400 e. The van der Waals surface area contributed by atoms with Crippen molar-refractivity contribution in [2.75, 3.05) is 46.8 Å². The van der Waals surface area contributed by atoms with Crippen molar-refractivity contribution in [3.05, 3.63) is 0 Å². The number of ether oxygens (including phenoxy) is 2. The molecule has 1 aliphatic rings. The summed E-state index contributed by atoms with van der Waals surface area (Å²) in [5, 5.41) is 41.3. The Labute approximate surface area is 178 Å². The second kappa shape index (κ2) is 15.2. The molecule has 0 bridgehead atoms. The number of aliphatic hydroxyl groups is 5. The van der Waals surface area contributed by atoms with Crippen LogP contribution < -0.4 is 0 Å². The highest BCUT2D eigenvalue weighted by Crippen LogP contribution is 2.31. The number of rotatable bonds is 6. The van der Waals surface area contributed by atoms with Gasteiger partial charge in [-0.15, -0.1) is 0 Å². The first-order valence-electron chi connectivity index (χ1n) is 9.70. The molecule has 1 fully saturated rings. The van der Waals surface area contributed by atoms with Gasteiger partial charge in [0, 0.05) is 28.8 Å². The molecule has 29 heavy (non-hydrogen) atoms. The molecule has 1 heterocycles. The monoisotopic (exact) mass is 427 g/mol. The van der Waals surface area contributed by atoms with E-state index in [4.69, 9.17) is 35.0 Å². The van der Waals surface area contributed by atoms with Gasteiger partial charge in [-0.1, -0.05) is 55.4 Å². The zero-order valence-electron chi connectivity index (χ0n) is 20.9. The van der Waals surface area contributed by atoms with Crippen LogP contribution in [0.2, 0.25) is 0 Å². The van der Waals surface area contributed by atoms with E-state index in [1.807, 2.05) is 13.8 Å². The lowest BCUT2D eigenvalue weighted by Crippen LogP contribution is -2.46. The summed E-state index contributed by atoms with van der Waals surface area (Å²) in [4.78, 5) is 9.90. The fourth-order valence-corrected chi connectivity index (χ4v) is 1.31. The Kier molecular flexibility index (Phi) is 17.4. The van der Waals surface area contributed by atoms with Crippen molar-refractivity contribution in [2.45, 2.75) is 61.7 Å². The van der Waals surface area contributed by atoms with E-state index in [-0.39, 0.29) is 50.4 Å². The lowest BCUT2D eigenvalue weighted by molar-refractivity contribution is -0.267. The zero-order valence-corrected chi connectivity index (χ0v) is 19.9. The fraction of sp³-hybridized carbons (Fsp3) is 0.952. The van der Waals surface area contributed by atoms with Crippen molar-refractivity contribution in [3.63, 3.8) is 0 Å². The van der Waals surface area contributed by atoms with Crippen LogP contribution in [0.25, 0.3) is 0 Å². The molecule has 0 aliphatic carbocycles. The number of aliphatic hydroxyl groups excluding tert-OH is 5. The van der Waals surface area contributed by atoms with Gasteiger partial charge in [0.05, 0.1) is 39.6 Å². The molecule has 0 spiro atoms. The molecule has 1 aliphatic heterocycles. The van der Waals surface area contributed by atoms with Gasteiger partial charge in [0.1, 0.15) is 6.29 Å². The first-order chi connectivity index (χ1) is 13.1. The third-order valence-corrected chi connectivity index (χ3v) is 3.88. The number of carbonyl (C=O) groups is 1. The van der Waals surface area contributed by atoms with Crippen LogP contribution in [0.1, 0.15) is 56.8 Å².